The smallest absolute Gasteiger partial charge is 0.137 e. The molecule has 0 aromatic heterocycles. The molecule has 0 amide bonds. The van der Waals surface area contributed by atoms with Crippen molar-refractivity contribution < 1.29 is 9.47 Å². The maximum absolute atomic E-state index is 6.17. The summed E-state index contributed by atoms with van der Waals surface area (Å²) >= 11 is 6.17. The Morgan fingerprint density at radius 1 is 1.53 bits per heavy atom. The van der Waals surface area contributed by atoms with Crippen molar-refractivity contribution in [2.24, 2.45) is 5.73 Å². The van der Waals surface area contributed by atoms with E-state index >= 15 is 0 Å². The molecular formula is C15H22ClNO2. The minimum atomic E-state index is -0.00827. The normalized spacial score (nSPS) is 20.5. The Morgan fingerprint density at radius 2 is 2.37 bits per heavy atom. The van der Waals surface area contributed by atoms with Crippen LogP contribution in [0.2, 0.25) is 5.02 Å². The molecule has 1 aromatic carbocycles. The maximum atomic E-state index is 6.17. The standard InChI is InChI=1S/C15H22ClNO2/c1-11(17)12-6-7-15(14(16)10-12)19-9-3-5-13-4-2-8-18-13/h6-7,10-11,13H,2-5,8-9,17H2,1H3/t11-,13?/m0/s1. The zero-order chi connectivity index (χ0) is 13.7. The van der Waals surface area contributed by atoms with E-state index < -0.39 is 0 Å². The first-order valence-electron chi connectivity index (χ1n) is 6.96. The molecule has 0 spiro atoms. The van der Waals surface area contributed by atoms with Gasteiger partial charge in [-0.15, -0.1) is 0 Å². The summed E-state index contributed by atoms with van der Waals surface area (Å²) in [5, 5.41) is 0.631. The van der Waals surface area contributed by atoms with Crippen molar-refractivity contribution in [1.82, 2.24) is 0 Å². The first kappa shape index (κ1) is 14.6. The predicted molar refractivity (Wildman–Crippen MR) is 77.8 cm³/mol. The fourth-order valence-electron chi connectivity index (χ4n) is 2.28. The van der Waals surface area contributed by atoms with Gasteiger partial charge in [-0.05, 0) is 50.3 Å². The Morgan fingerprint density at radius 3 is 3.00 bits per heavy atom. The van der Waals surface area contributed by atoms with Crippen LogP contribution in [0.1, 0.15) is 44.2 Å². The molecule has 1 heterocycles. The van der Waals surface area contributed by atoms with Crippen LogP contribution in [0.3, 0.4) is 0 Å². The fraction of sp³-hybridized carbons (Fsp3) is 0.600. The van der Waals surface area contributed by atoms with E-state index in [1.807, 2.05) is 25.1 Å². The number of halogens is 1. The molecule has 19 heavy (non-hydrogen) atoms. The molecule has 1 unspecified atom stereocenters. The summed E-state index contributed by atoms with van der Waals surface area (Å²) in [5.74, 6) is 0.735. The van der Waals surface area contributed by atoms with Crippen molar-refractivity contribution in [3.8, 4) is 5.75 Å². The number of hydrogen-bond donors (Lipinski definition) is 1. The van der Waals surface area contributed by atoms with Gasteiger partial charge in [-0.25, -0.2) is 0 Å². The van der Waals surface area contributed by atoms with Gasteiger partial charge in [0.1, 0.15) is 5.75 Å². The van der Waals surface area contributed by atoms with Crippen molar-refractivity contribution in [2.75, 3.05) is 13.2 Å². The largest absolute Gasteiger partial charge is 0.492 e. The number of benzene rings is 1. The predicted octanol–water partition coefficient (Wildman–Crippen LogP) is 3.70. The molecule has 0 bridgehead atoms. The second kappa shape index (κ2) is 7.13. The molecule has 1 saturated heterocycles. The van der Waals surface area contributed by atoms with Crippen molar-refractivity contribution in [1.29, 1.82) is 0 Å². The number of nitrogens with two attached hydrogens (primary N) is 1. The number of rotatable bonds is 6. The van der Waals surface area contributed by atoms with Crippen LogP contribution in [0.5, 0.6) is 5.75 Å². The zero-order valence-corrected chi connectivity index (χ0v) is 12.2. The van der Waals surface area contributed by atoms with Crippen LogP contribution >= 0.6 is 11.6 Å². The van der Waals surface area contributed by atoms with Crippen LogP contribution in [0.15, 0.2) is 18.2 Å². The third-order valence-electron chi connectivity index (χ3n) is 3.43. The zero-order valence-electron chi connectivity index (χ0n) is 11.4. The van der Waals surface area contributed by atoms with Crippen molar-refractivity contribution in [3.63, 3.8) is 0 Å². The molecule has 0 radical (unpaired) electrons. The summed E-state index contributed by atoms with van der Waals surface area (Å²) in [6, 6.07) is 5.73. The van der Waals surface area contributed by atoms with Crippen LogP contribution in [0, 0.1) is 0 Å². The van der Waals surface area contributed by atoms with Gasteiger partial charge < -0.3 is 15.2 Å². The fourth-order valence-corrected chi connectivity index (χ4v) is 2.53. The molecule has 1 fully saturated rings. The van der Waals surface area contributed by atoms with E-state index in [1.54, 1.807) is 0 Å². The molecule has 1 aliphatic rings. The Balaban J connectivity index is 1.76. The Kier molecular flexibility index (Phi) is 5.49. The number of hydrogen-bond acceptors (Lipinski definition) is 3. The summed E-state index contributed by atoms with van der Waals surface area (Å²) in [7, 11) is 0. The van der Waals surface area contributed by atoms with Crippen molar-refractivity contribution in [2.45, 2.75) is 44.8 Å². The maximum Gasteiger partial charge on any atom is 0.137 e. The highest BCUT2D eigenvalue weighted by Gasteiger charge is 2.14. The van der Waals surface area contributed by atoms with Gasteiger partial charge in [0.25, 0.3) is 0 Å². The minimum Gasteiger partial charge on any atom is -0.492 e. The lowest BCUT2D eigenvalue weighted by atomic mass is 10.1. The molecule has 3 nitrogen and oxygen atoms in total. The van der Waals surface area contributed by atoms with E-state index in [4.69, 9.17) is 26.8 Å². The lowest BCUT2D eigenvalue weighted by molar-refractivity contribution is 0.0981. The third kappa shape index (κ3) is 4.37. The average Bonchev–Trinajstić information content (AvgIpc) is 2.89. The summed E-state index contributed by atoms with van der Waals surface area (Å²) in [5.41, 5.74) is 6.84. The van der Waals surface area contributed by atoms with E-state index in [0.717, 1.165) is 30.8 Å². The van der Waals surface area contributed by atoms with Crippen molar-refractivity contribution >= 4 is 11.6 Å². The van der Waals surface area contributed by atoms with Gasteiger partial charge in [0, 0.05) is 12.6 Å². The van der Waals surface area contributed by atoms with Crippen LogP contribution in [0.25, 0.3) is 0 Å². The molecule has 106 valence electrons. The third-order valence-corrected chi connectivity index (χ3v) is 3.73. The Bertz CT molecular complexity index is 403. The summed E-state index contributed by atoms with van der Waals surface area (Å²) in [4.78, 5) is 0. The van der Waals surface area contributed by atoms with Crippen molar-refractivity contribution in [3.05, 3.63) is 28.8 Å². The first-order valence-corrected chi connectivity index (χ1v) is 7.34. The van der Waals surface area contributed by atoms with Gasteiger partial charge in [0.2, 0.25) is 0 Å². The highest BCUT2D eigenvalue weighted by atomic mass is 35.5. The first-order chi connectivity index (χ1) is 9.16. The Labute approximate surface area is 120 Å². The van der Waals surface area contributed by atoms with E-state index in [1.165, 1.54) is 12.8 Å². The van der Waals surface area contributed by atoms with E-state index in [-0.39, 0.29) is 6.04 Å². The van der Waals surface area contributed by atoms with Gasteiger partial charge in [-0.3, -0.25) is 0 Å². The second-order valence-electron chi connectivity index (χ2n) is 5.10. The highest BCUT2D eigenvalue weighted by Crippen LogP contribution is 2.27. The van der Waals surface area contributed by atoms with Gasteiger partial charge in [0.15, 0.2) is 0 Å². The van der Waals surface area contributed by atoms with Crippen LogP contribution in [0.4, 0.5) is 0 Å². The molecule has 2 N–H and O–H groups in total. The molecule has 4 heteroatoms. The van der Waals surface area contributed by atoms with Gasteiger partial charge in [-0.1, -0.05) is 17.7 Å². The monoisotopic (exact) mass is 283 g/mol. The van der Waals surface area contributed by atoms with E-state index in [2.05, 4.69) is 0 Å². The van der Waals surface area contributed by atoms with E-state index in [0.29, 0.717) is 17.7 Å². The quantitative estimate of drug-likeness (QED) is 0.810. The molecule has 2 rings (SSSR count). The topological polar surface area (TPSA) is 44.5 Å². The molecular weight excluding hydrogens is 262 g/mol. The summed E-state index contributed by atoms with van der Waals surface area (Å²) < 4.78 is 11.3. The number of ether oxygens (including phenoxy) is 2. The van der Waals surface area contributed by atoms with Gasteiger partial charge >= 0.3 is 0 Å². The van der Waals surface area contributed by atoms with Crippen LogP contribution in [-0.2, 0) is 4.74 Å². The van der Waals surface area contributed by atoms with Crippen LogP contribution in [-0.4, -0.2) is 19.3 Å². The summed E-state index contributed by atoms with van der Waals surface area (Å²) in [6.45, 7) is 3.53. The molecule has 1 aromatic rings. The van der Waals surface area contributed by atoms with Gasteiger partial charge in [0.05, 0.1) is 17.7 Å². The molecule has 0 aliphatic carbocycles. The van der Waals surface area contributed by atoms with Crippen LogP contribution < -0.4 is 10.5 Å². The Hall–Kier alpha value is -0.770. The molecule has 0 saturated carbocycles. The SMILES string of the molecule is C[C@H](N)c1ccc(OCCCC2CCCO2)c(Cl)c1. The second-order valence-corrected chi connectivity index (χ2v) is 5.51. The summed E-state index contributed by atoms with van der Waals surface area (Å²) in [6.07, 6.45) is 4.87. The lowest BCUT2D eigenvalue weighted by Gasteiger charge is -2.12. The molecule has 2 atom stereocenters. The molecule has 1 aliphatic heterocycles. The highest BCUT2D eigenvalue weighted by molar-refractivity contribution is 6.32. The van der Waals surface area contributed by atoms with E-state index in [9.17, 15) is 0 Å². The van der Waals surface area contributed by atoms with Gasteiger partial charge in [-0.2, -0.15) is 0 Å². The lowest BCUT2D eigenvalue weighted by Crippen LogP contribution is -2.08. The minimum absolute atomic E-state index is 0.00827. The average molecular weight is 284 g/mol.